The average molecular weight is 309 g/mol. The first-order chi connectivity index (χ1) is 10.0. The fourth-order valence-corrected chi connectivity index (χ4v) is 3.26. The molecule has 21 heavy (non-hydrogen) atoms. The third-order valence-electron chi connectivity index (χ3n) is 3.01. The van der Waals surface area contributed by atoms with Crippen LogP contribution in [0.2, 0.25) is 0 Å². The number of nitrogens with two attached hydrogens (primary N) is 1. The zero-order valence-corrected chi connectivity index (χ0v) is 12.7. The van der Waals surface area contributed by atoms with Crippen LogP contribution in [0.1, 0.15) is 11.1 Å². The normalized spacial score (nSPS) is 16.3. The Kier molecular flexibility index (Phi) is 5.33. The topological polar surface area (TPSA) is 84.7 Å². The minimum absolute atomic E-state index is 0.167. The van der Waals surface area contributed by atoms with Crippen LogP contribution in [0.5, 0.6) is 0 Å². The number of benzene rings is 1. The highest BCUT2D eigenvalue weighted by Crippen LogP contribution is 2.17. The van der Waals surface area contributed by atoms with Gasteiger partial charge >= 0.3 is 0 Å². The SMILES string of the molecule is Cc1ccc(S(=O)(=O)NN2CCOCC2)c(C#CCN)c1. The molecule has 1 fully saturated rings. The molecule has 1 heterocycles. The van der Waals surface area contributed by atoms with Crippen LogP contribution in [0.25, 0.3) is 0 Å². The standard InChI is InChI=1S/C14H19N3O3S/c1-12-4-5-14(13(11-12)3-2-6-15)21(18,19)16-17-7-9-20-10-8-17/h4-5,11,16H,6-10,15H2,1H3. The molecular weight excluding hydrogens is 290 g/mol. The predicted octanol–water partition coefficient (Wildman–Crippen LogP) is -0.169. The van der Waals surface area contributed by atoms with Crippen molar-refractivity contribution in [2.75, 3.05) is 32.8 Å². The van der Waals surface area contributed by atoms with Gasteiger partial charge in [-0.1, -0.05) is 17.9 Å². The molecule has 1 aromatic rings. The summed E-state index contributed by atoms with van der Waals surface area (Å²) in [4.78, 5) is 2.74. The van der Waals surface area contributed by atoms with E-state index in [1.165, 1.54) is 0 Å². The Bertz CT molecular complexity index is 656. The van der Waals surface area contributed by atoms with E-state index in [2.05, 4.69) is 16.7 Å². The molecule has 0 aliphatic carbocycles. The summed E-state index contributed by atoms with van der Waals surface area (Å²) < 4.78 is 30.2. The first-order valence-corrected chi connectivity index (χ1v) is 8.16. The van der Waals surface area contributed by atoms with Crippen molar-refractivity contribution in [3.63, 3.8) is 0 Å². The van der Waals surface area contributed by atoms with Crippen molar-refractivity contribution in [3.8, 4) is 11.8 Å². The van der Waals surface area contributed by atoms with Gasteiger partial charge < -0.3 is 10.5 Å². The third kappa shape index (κ3) is 4.27. The van der Waals surface area contributed by atoms with Crippen LogP contribution in [-0.2, 0) is 14.8 Å². The average Bonchev–Trinajstić information content (AvgIpc) is 2.45. The van der Waals surface area contributed by atoms with Crippen molar-refractivity contribution in [2.24, 2.45) is 5.73 Å². The second kappa shape index (κ2) is 7.02. The van der Waals surface area contributed by atoms with E-state index in [1.807, 2.05) is 6.92 Å². The van der Waals surface area contributed by atoms with Gasteiger partial charge in [-0.3, -0.25) is 0 Å². The molecule has 0 amide bonds. The van der Waals surface area contributed by atoms with Crippen molar-refractivity contribution in [3.05, 3.63) is 29.3 Å². The molecule has 0 radical (unpaired) electrons. The van der Waals surface area contributed by atoms with Crippen molar-refractivity contribution in [1.82, 2.24) is 9.84 Å². The van der Waals surface area contributed by atoms with Gasteiger partial charge in [-0.2, -0.15) is 0 Å². The van der Waals surface area contributed by atoms with Crippen LogP contribution in [0, 0.1) is 18.8 Å². The Morgan fingerprint density at radius 2 is 2.10 bits per heavy atom. The molecule has 0 spiro atoms. The quantitative estimate of drug-likeness (QED) is 0.757. The van der Waals surface area contributed by atoms with Crippen LogP contribution < -0.4 is 10.6 Å². The molecule has 1 aliphatic heterocycles. The molecule has 6 nitrogen and oxygen atoms in total. The molecule has 1 aromatic carbocycles. The van der Waals surface area contributed by atoms with Crippen molar-refractivity contribution >= 4 is 10.0 Å². The molecule has 7 heteroatoms. The van der Waals surface area contributed by atoms with Gasteiger partial charge in [0.25, 0.3) is 10.0 Å². The molecule has 3 N–H and O–H groups in total. The lowest BCUT2D eigenvalue weighted by molar-refractivity contribution is 0.0272. The molecule has 1 saturated heterocycles. The summed E-state index contributed by atoms with van der Waals surface area (Å²) in [5, 5.41) is 1.64. The molecule has 0 saturated carbocycles. The monoisotopic (exact) mass is 309 g/mol. The Hall–Kier alpha value is -1.43. The number of hydrogen-bond acceptors (Lipinski definition) is 5. The first kappa shape index (κ1) is 15.9. The molecule has 0 bridgehead atoms. The summed E-state index contributed by atoms with van der Waals surface area (Å²) in [6, 6.07) is 5.07. The van der Waals surface area contributed by atoms with Gasteiger partial charge in [-0.25, -0.2) is 13.4 Å². The highest BCUT2D eigenvalue weighted by atomic mass is 32.2. The second-order valence-corrected chi connectivity index (χ2v) is 6.33. The van der Waals surface area contributed by atoms with Gasteiger partial charge in [0.1, 0.15) is 0 Å². The summed E-state index contributed by atoms with van der Waals surface area (Å²) in [6.45, 7) is 4.14. The molecule has 1 aliphatic rings. The Labute approximate surface area is 125 Å². The van der Waals surface area contributed by atoms with Crippen LogP contribution in [-0.4, -0.2) is 46.3 Å². The lowest BCUT2D eigenvalue weighted by Crippen LogP contribution is -2.48. The van der Waals surface area contributed by atoms with Gasteiger partial charge in [-0.05, 0) is 24.6 Å². The smallest absolute Gasteiger partial charge is 0.254 e. The number of nitrogens with zero attached hydrogens (tertiary/aromatic N) is 1. The molecule has 0 atom stereocenters. The summed E-state index contributed by atoms with van der Waals surface area (Å²) in [7, 11) is -3.66. The Morgan fingerprint density at radius 1 is 1.38 bits per heavy atom. The third-order valence-corrected chi connectivity index (χ3v) is 4.44. The van der Waals surface area contributed by atoms with E-state index in [9.17, 15) is 8.42 Å². The van der Waals surface area contributed by atoms with Crippen LogP contribution >= 0.6 is 0 Å². The lowest BCUT2D eigenvalue weighted by Gasteiger charge is -2.26. The van der Waals surface area contributed by atoms with Gasteiger partial charge in [0, 0.05) is 18.7 Å². The maximum Gasteiger partial charge on any atom is 0.254 e. The van der Waals surface area contributed by atoms with Crippen LogP contribution in [0.4, 0.5) is 0 Å². The van der Waals surface area contributed by atoms with Gasteiger partial charge in [0.2, 0.25) is 0 Å². The van der Waals surface area contributed by atoms with Crippen molar-refractivity contribution in [1.29, 1.82) is 0 Å². The molecule has 0 aromatic heterocycles. The van der Waals surface area contributed by atoms with E-state index < -0.39 is 10.0 Å². The number of morpholine rings is 1. The van der Waals surface area contributed by atoms with E-state index >= 15 is 0 Å². The lowest BCUT2D eigenvalue weighted by atomic mass is 10.1. The number of hydrogen-bond donors (Lipinski definition) is 2. The highest BCUT2D eigenvalue weighted by molar-refractivity contribution is 7.89. The zero-order chi connectivity index (χ0) is 15.3. The van der Waals surface area contributed by atoms with Crippen LogP contribution in [0.15, 0.2) is 23.1 Å². The van der Waals surface area contributed by atoms with Crippen molar-refractivity contribution < 1.29 is 13.2 Å². The van der Waals surface area contributed by atoms with Crippen LogP contribution in [0.3, 0.4) is 0 Å². The highest BCUT2D eigenvalue weighted by Gasteiger charge is 2.22. The summed E-state index contributed by atoms with van der Waals surface area (Å²) in [5.74, 6) is 5.52. The minimum Gasteiger partial charge on any atom is -0.379 e. The van der Waals surface area contributed by atoms with E-state index in [4.69, 9.17) is 10.5 Å². The van der Waals surface area contributed by atoms with Gasteiger partial charge in [0.15, 0.2) is 0 Å². The number of hydrazine groups is 1. The zero-order valence-electron chi connectivity index (χ0n) is 11.9. The summed E-state index contributed by atoms with van der Waals surface area (Å²) >= 11 is 0. The number of rotatable bonds is 3. The summed E-state index contributed by atoms with van der Waals surface area (Å²) in [6.07, 6.45) is 0. The number of aryl methyl sites for hydroxylation is 1. The Balaban J connectivity index is 2.30. The van der Waals surface area contributed by atoms with E-state index in [0.717, 1.165) is 5.56 Å². The van der Waals surface area contributed by atoms with E-state index in [0.29, 0.717) is 31.9 Å². The first-order valence-electron chi connectivity index (χ1n) is 6.67. The maximum atomic E-state index is 12.5. The van der Waals surface area contributed by atoms with E-state index in [-0.39, 0.29) is 11.4 Å². The van der Waals surface area contributed by atoms with Crippen molar-refractivity contribution in [2.45, 2.75) is 11.8 Å². The van der Waals surface area contributed by atoms with Gasteiger partial charge in [0.05, 0.1) is 24.7 Å². The largest absolute Gasteiger partial charge is 0.379 e. The number of ether oxygens (including phenoxy) is 1. The fourth-order valence-electron chi connectivity index (χ4n) is 2.00. The molecule has 0 unspecified atom stereocenters. The maximum absolute atomic E-state index is 12.5. The number of sulfonamides is 1. The van der Waals surface area contributed by atoms with E-state index in [1.54, 1.807) is 23.2 Å². The molecular formula is C14H19N3O3S. The number of nitrogens with one attached hydrogen (secondary N) is 1. The summed E-state index contributed by atoms with van der Waals surface area (Å²) in [5.41, 5.74) is 6.77. The molecule has 2 rings (SSSR count). The molecule has 114 valence electrons. The van der Waals surface area contributed by atoms with Gasteiger partial charge in [-0.15, -0.1) is 4.83 Å². The predicted molar refractivity (Wildman–Crippen MR) is 79.8 cm³/mol. The Morgan fingerprint density at radius 3 is 2.76 bits per heavy atom. The second-order valence-electron chi connectivity index (χ2n) is 4.70. The minimum atomic E-state index is -3.66. The fraction of sp³-hybridized carbons (Fsp3) is 0.429.